The van der Waals surface area contributed by atoms with Crippen LogP contribution in [0.15, 0.2) is 18.2 Å². The highest BCUT2D eigenvalue weighted by molar-refractivity contribution is 5.56. The lowest BCUT2D eigenvalue weighted by atomic mass is 10.1. The van der Waals surface area contributed by atoms with E-state index in [1.165, 1.54) is 0 Å². The minimum absolute atomic E-state index is 0.228. The Labute approximate surface area is 102 Å². The number of ether oxygens (including phenoxy) is 2. The first-order valence-electron chi connectivity index (χ1n) is 5.96. The molecule has 0 bridgehead atoms. The van der Waals surface area contributed by atoms with Crippen molar-refractivity contribution in [1.82, 2.24) is 0 Å². The molecule has 1 aromatic carbocycles. The van der Waals surface area contributed by atoms with Crippen LogP contribution in [0, 0.1) is 5.92 Å². The number of hydrogen-bond donors (Lipinski definition) is 1. The first kappa shape index (κ1) is 12.0. The summed E-state index contributed by atoms with van der Waals surface area (Å²) in [4.78, 5) is 2.13. The van der Waals surface area contributed by atoms with Gasteiger partial charge in [-0.25, -0.2) is 0 Å². The molecule has 17 heavy (non-hydrogen) atoms. The minimum atomic E-state index is 0.228. The van der Waals surface area contributed by atoms with Crippen molar-refractivity contribution >= 4 is 5.69 Å². The smallest absolute Gasteiger partial charge is 0.231 e. The summed E-state index contributed by atoms with van der Waals surface area (Å²) in [5.74, 6) is 1.91. The van der Waals surface area contributed by atoms with Crippen molar-refractivity contribution < 1.29 is 14.6 Å². The van der Waals surface area contributed by atoms with E-state index in [0.29, 0.717) is 12.7 Å². The number of benzene rings is 1. The summed E-state index contributed by atoms with van der Waals surface area (Å²) in [5.41, 5.74) is 1.08. The maximum absolute atomic E-state index is 9.21. The standard InChI is InChI=1S/C13H19NO3/c1-3-10(8-15)7-14(2)11-4-5-12-13(6-11)17-9-16-12/h4-6,10,15H,3,7-9H2,1-2H3. The van der Waals surface area contributed by atoms with Crippen LogP contribution in [-0.4, -0.2) is 32.1 Å². The van der Waals surface area contributed by atoms with Gasteiger partial charge in [-0.05, 0) is 24.5 Å². The summed E-state index contributed by atoms with van der Waals surface area (Å²) in [6.45, 7) is 3.46. The van der Waals surface area contributed by atoms with Gasteiger partial charge in [-0.1, -0.05) is 6.92 Å². The lowest BCUT2D eigenvalue weighted by Crippen LogP contribution is -2.26. The molecule has 0 fully saturated rings. The molecule has 1 heterocycles. The number of hydrogen-bond acceptors (Lipinski definition) is 4. The predicted molar refractivity (Wildman–Crippen MR) is 66.7 cm³/mol. The zero-order valence-electron chi connectivity index (χ0n) is 10.3. The van der Waals surface area contributed by atoms with E-state index in [1.54, 1.807) is 0 Å². The molecule has 0 saturated heterocycles. The van der Waals surface area contributed by atoms with Gasteiger partial charge in [-0.2, -0.15) is 0 Å². The lowest BCUT2D eigenvalue weighted by Gasteiger charge is -2.24. The number of anilines is 1. The molecule has 1 aliphatic heterocycles. The quantitative estimate of drug-likeness (QED) is 0.849. The topological polar surface area (TPSA) is 41.9 Å². The second-order valence-corrected chi connectivity index (χ2v) is 4.37. The van der Waals surface area contributed by atoms with E-state index in [2.05, 4.69) is 11.8 Å². The van der Waals surface area contributed by atoms with E-state index >= 15 is 0 Å². The Morgan fingerprint density at radius 1 is 1.35 bits per heavy atom. The summed E-state index contributed by atoms with van der Waals surface area (Å²) >= 11 is 0. The van der Waals surface area contributed by atoms with Crippen LogP contribution in [0.2, 0.25) is 0 Å². The van der Waals surface area contributed by atoms with Gasteiger partial charge in [0.25, 0.3) is 0 Å². The SMILES string of the molecule is CCC(CO)CN(C)c1ccc2c(c1)OCO2. The van der Waals surface area contributed by atoms with Crippen LogP contribution < -0.4 is 14.4 Å². The molecule has 0 amide bonds. The van der Waals surface area contributed by atoms with Crippen LogP contribution in [-0.2, 0) is 0 Å². The molecule has 1 aliphatic rings. The third-order valence-corrected chi connectivity index (χ3v) is 3.16. The van der Waals surface area contributed by atoms with E-state index < -0.39 is 0 Å². The molecule has 0 saturated carbocycles. The molecule has 1 aromatic rings. The van der Waals surface area contributed by atoms with Crippen molar-refractivity contribution in [1.29, 1.82) is 0 Å². The van der Waals surface area contributed by atoms with Crippen molar-refractivity contribution in [2.45, 2.75) is 13.3 Å². The summed E-state index contributed by atoms with van der Waals surface area (Å²) in [5, 5.41) is 9.21. The van der Waals surface area contributed by atoms with Crippen molar-refractivity contribution in [3.05, 3.63) is 18.2 Å². The second-order valence-electron chi connectivity index (χ2n) is 4.37. The van der Waals surface area contributed by atoms with E-state index in [0.717, 1.165) is 30.2 Å². The highest BCUT2D eigenvalue weighted by Crippen LogP contribution is 2.35. The van der Waals surface area contributed by atoms with Crippen LogP contribution in [0.3, 0.4) is 0 Å². The Kier molecular flexibility index (Phi) is 3.74. The van der Waals surface area contributed by atoms with Crippen LogP contribution >= 0.6 is 0 Å². The molecule has 0 aromatic heterocycles. The summed E-state index contributed by atoms with van der Waals surface area (Å²) in [6, 6.07) is 5.91. The maximum atomic E-state index is 9.21. The molecule has 0 aliphatic carbocycles. The molecular weight excluding hydrogens is 218 g/mol. The Morgan fingerprint density at radius 2 is 2.12 bits per heavy atom. The van der Waals surface area contributed by atoms with Gasteiger partial charge in [0.2, 0.25) is 6.79 Å². The van der Waals surface area contributed by atoms with Gasteiger partial charge in [0.15, 0.2) is 11.5 Å². The second kappa shape index (κ2) is 5.27. The molecule has 2 rings (SSSR count). The van der Waals surface area contributed by atoms with Crippen LogP contribution in [0.4, 0.5) is 5.69 Å². The van der Waals surface area contributed by atoms with Crippen LogP contribution in [0.1, 0.15) is 13.3 Å². The largest absolute Gasteiger partial charge is 0.454 e. The molecule has 1 N–H and O–H groups in total. The molecule has 1 unspecified atom stereocenters. The molecule has 1 atom stereocenters. The Morgan fingerprint density at radius 3 is 2.82 bits per heavy atom. The van der Waals surface area contributed by atoms with Crippen molar-refractivity contribution in [2.75, 3.05) is 31.9 Å². The fourth-order valence-corrected chi connectivity index (χ4v) is 1.93. The van der Waals surface area contributed by atoms with Gasteiger partial charge in [-0.15, -0.1) is 0 Å². The molecule has 0 radical (unpaired) electrons. The highest BCUT2D eigenvalue weighted by Gasteiger charge is 2.15. The fraction of sp³-hybridized carbons (Fsp3) is 0.538. The Balaban J connectivity index is 2.06. The normalized spacial score (nSPS) is 14.8. The van der Waals surface area contributed by atoms with E-state index in [-0.39, 0.29) is 6.61 Å². The van der Waals surface area contributed by atoms with Gasteiger partial charge >= 0.3 is 0 Å². The molecular formula is C13H19NO3. The Hall–Kier alpha value is -1.42. The molecule has 94 valence electrons. The van der Waals surface area contributed by atoms with Crippen LogP contribution in [0.25, 0.3) is 0 Å². The van der Waals surface area contributed by atoms with Crippen molar-refractivity contribution in [3.63, 3.8) is 0 Å². The number of fused-ring (bicyclic) bond motifs is 1. The zero-order valence-corrected chi connectivity index (χ0v) is 10.3. The Bertz CT molecular complexity index is 377. The number of rotatable bonds is 5. The maximum Gasteiger partial charge on any atom is 0.231 e. The highest BCUT2D eigenvalue weighted by atomic mass is 16.7. The minimum Gasteiger partial charge on any atom is -0.454 e. The molecule has 0 spiro atoms. The van der Waals surface area contributed by atoms with Gasteiger partial charge in [0.05, 0.1) is 0 Å². The summed E-state index contributed by atoms with van der Waals surface area (Å²) in [7, 11) is 2.02. The van der Waals surface area contributed by atoms with Crippen LogP contribution in [0.5, 0.6) is 11.5 Å². The van der Waals surface area contributed by atoms with Gasteiger partial charge in [0.1, 0.15) is 0 Å². The third-order valence-electron chi connectivity index (χ3n) is 3.16. The summed E-state index contributed by atoms with van der Waals surface area (Å²) < 4.78 is 10.6. The zero-order chi connectivity index (χ0) is 12.3. The van der Waals surface area contributed by atoms with Gasteiger partial charge in [0, 0.05) is 32.0 Å². The first-order valence-corrected chi connectivity index (χ1v) is 5.96. The average Bonchev–Trinajstić information content (AvgIpc) is 2.82. The molecule has 4 nitrogen and oxygen atoms in total. The van der Waals surface area contributed by atoms with Crippen molar-refractivity contribution in [2.24, 2.45) is 5.92 Å². The van der Waals surface area contributed by atoms with Gasteiger partial charge in [-0.3, -0.25) is 0 Å². The van der Waals surface area contributed by atoms with E-state index in [9.17, 15) is 5.11 Å². The molecule has 4 heteroatoms. The van der Waals surface area contributed by atoms with E-state index in [1.807, 2.05) is 25.2 Å². The number of aliphatic hydroxyl groups is 1. The van der Waals surface area contributed by atoms with Crippen molar-refractivity contribution in [3.8, 4) is 11.5 Å². The average molecular weight is 237 g/mol. The van der Waals surface area contributed by atoms with E-state index in [4.69, 9.17) is 9.47 Å². The fourth-order valence-electron chi connectivity index (χ4n) is 1.93. The number of nitrogens with zero attached hydrogens (tertiary/aromatic N) is 1. The predicted octanol–water partition coefficient (Wildman–Crippen LogP) is 1.87. The summed E-state index contributed by atoms with van der Waals surface area (Å²) in [6.07, 6.45) is 0.978. The number of aliphatic hydroxyl groups excluding tert-OH is 1. The van der Waals surface area contributed by atoms with Gasteiger partial charge < -0.3 is 19.5 Å². The first-order chi connectivity index (χ1) is 8.24. The third kappa shape index (κ3) is 2.64. The lowest BCUT2D eigenvalue weighted by molar-refractivity contribution is 0.174. The monoisotopic (exact) mass is 237 g/mol.